The molecule has 2 aromatic carbocycles. The highest BCUT2D eigenvalue weighted by molar-refractivity contribution is 6.27. The minimum atomic E-state index is -1.98. The van der Waals surface area contributed by atoms with Crippen molar-refractivity contribution in [2.24, 2.45) is 23.7 Å². The van der Waals surface area contributed by atoms with Gasteiger partial charge in [0.05, 0.1) is 46.9 Å². The highest BCUT2D eigenvalue weighted by Crippen LogP contribution is 2.59. The molecule has 0 saturated heterocycles. The average molecular weight is 802 g/mol. The number of Topliss-reactive ketones (excluding diaryl/α,β-unsaturated/α-hetero) is 1. The second kappa shape index (κ2) is 16.0. The molecule has 4 aliphatic rings. The van der Waals surface area contributed by atoms with Crippen LogP contribution in [0.15, 0.2) is 60.1 Å². The van der Waals surface area contributed by atoms with E-state index in [4.69, 9.17) is 18.9 Å². The summed E-state index contributed by atoms with van der Waals surface area (Å²) in [5.41, 5.74) is 1.14. The minimum Gasteiger partial charge on any atom is -0.507 e. The van der Waals surface area contributed by atoms with Crippen LogP contribution < -0.4 is 20.3 Å². The molecule has 0 radical (unpaired) electrons. The molecule has 6 N–H and O–H groups in total. The zero-order valence-electron chi connectivity index (χ0n) is 33.9. The van der Waals surface area contributed by atoms with Gasteiger partial charge >= 0.3 is 11.8 Å². The lowest BCUT2D eigenvalue weighted by atomic mass is 9.78. The number of carbonyl (C=O) groups is 4. The molecular weight excluding hydrogens is 750 g/mol. The van der Waals surface area contributed by atoms with E-state index in [9.17, 15) is 39.6 Å². The van der Waals surface area contributed by atoms with Crippen molar-refractivity contribution in [3.63, 3.8) is 0 Å². The third kappa shape index (κ3) is 7.11. The Morgan fingerprint density at radius 1 is 0.983 bits per heavy atom. The fraction of sp³-hybridized carbons (Fsp3) is 0.442. The van der Waals surface area contributed by atoms with Gasteiger partial charge in [-0.1, -0.05) is 45.9 Å². The quantitative estimate of drug-likeness (QED) is 0.101. The SMILES string of the molecule is CO[C@H]1/C=C/O[C@@]2(C)Oc3c(C)c(O)c4c(O)c(c5c(c4c3C2=O)NC2C=C(C=O)C=CN52)NC(=O)/C(C)=C\C=C\[C@H](C)[C@H](O)[C@@H](C)[C@@H](O)[C@@H](C)[C@H](OC(C)=O)[C@@H]1C. The van der Waals surface area contributed by atoms with Crippen LogP contribution >= 0.6 is 0 Å². The second-order valence-corrected chi connectivity index (χ2v) is 15.7. The van der Waals surface area contributed by atoms with Crippen LogP contribution in [0.5, 0.6) is 17.2 Å². The van der Waals surface area contributed by atoms with Gasteiger partial charge in [0.1, 0.15) is 35.7 Å². The van der Waals surface area contributed by atoms with E-state index in [0.717, 1.165) is 0 Å². The normalized spacial score (nSPS) is 33.2. The van der Waals surface area contributed by atoms with Crippen LogP contribution in [0, 0.1) is 30.6 Å². The number of fused-ring (bicyclic) bond motifs is 2. The molecule has 15 heteroatoms. The van der Waals surface area contributed by atoms with Crippen molar-refractivity contribution in [3.8, 4) is 17.2 Å². The molecule has 4 bridgehead atoms. The molecule has 0 aromatic heterocycles. The van der Waals surface area contributed by atoms with E-state index >= 15 is 0 Å². The molecule has 15 nitrogen and oxygen atoms in total. The number of nitrogens with zero attached hydrogens (tertiary/aromatic N) is 1. The van der Waals surface area contributed by atoms with Crippen LogP contribution in [-0.4, -0.2) is 87.9 Å². The summed E-state index contributed by atoms with van der Waals surface area (Å²) in [6.07, 6.45) is 8.52. The molecule has 6 rings (SSSR count). The fourth-order valence-corrected chi connectivity index (χ4v) is 8.25. The lowest BCUT2D eigenvalue weighted by molar-refractivity contribution is -0.160. The van der Waals surface area contributed by atoms with Gasteiger partial charge in [-0.25, -0.2) is 0 Å². The summed E-state index contributed by atoms with van der Waals surface area (Å²) in [5.74, 6) is -7.19. The molecule has 1 amide bonds. The first-order valence-corrected chi connectivity index (χ1v) is 19.2. The summed E-state index contributed by atoms with van der Waals surface area (Å²) in [5, 5.41) is 52.7. The predicted molar refractivity (Wildman–Crippen MR) is 215 cm³/mol. The smallest absolute Gasteiger partial charge is 0.312 e. The highest BCUT2D eigenvalue weighted by Gasteiger charge is 2.51. The van der Waals surface area contributed by atoms with E-state index < -0.39 is 89.2 Å². The number of phenols is 2. The number of aliphatic hydroxyl groups is 2. The molecule has 1 unspecified atom stereocenters. The Labute approximate surface area is 336 Å². The molecule has 58 heavy (non-hydrogen) atoms. The standard InChI is InChI=1S/C43H51N3O12/c1-19-11-10-12-20(2)42(54)45-33-34-32(44-28-17-26(18-47)13-15-46(28)34)29-30(38(33)52)37(51)24(6)40-31(29)41(53)43(8,58-40)56-16-14-27(55-9)21(3)39(57-25(7)48)23(5)36(50)22(4)35(19)49/h10-19,21-23,27-28,35-36,39,44,49-52H,1-9H3,(H,45,54)/b11-10+,16-14+,20-12-/t19-,21+,22+,23+,27-,28?,35-,36+,39+,43-/m0/s1. The number of aromatic hydroxyl groups is 2. The Morgan fingerprint density at radius 3 is 2.34 bits per heavy atom. The number of aldehydes is 1. The Hall–Kier alpha value is -5.64. The van der Waals surface area contributed by atoms with E-state index in [2.05, 4.69) is 10.6 Å². The number of rotatable bonds is 3. The van der Waals surface area contributed by atoms with Gasteiger partial charge in [0, 0.05) is 72.9 Å². The number of nitrogens with one attached hydrogen (secondary N) is 2. The summed E-state index contributed by atoms with van der Waals surface area (Å²) in [6.45, 7) is 12.7. The maximum Gasteiger partial charge on any atom is 0.312 e. The van der Waals surface area contributed by atoms with Gasteiger partial charge in [-0.3, -0.25) is 19.2 Å². The van der Waals surface area contributed by atoms with Crippen LogP contribution in [0.4, 0.5) is 17.1 Å². The summed E-state index contributed by atoms with van der Waals surface area (Å²) in [6, 6.07) is 0. The van der Waals surface area contributed by atoms with E-state index in [1.165, 1.54) is 46.3 Å². The van der Waals surface area contributed by atoms with E-state index in [-0.39, 0.29) is 50.3 Å². The average Bonchev–Trinajstić information content (AvgIpc) is 3.70. The van der Waals surface area contributed by atoms with E-state index in [1.54, 1.807) is 70.0 Å². The topological polar surface area (TPSA) is 213 Å². The van der Waals surface area contributed by atoms with Crippen LogP contribution in [-0.2, 0) is 28.6 Å². The fourth-order valence-electron chi connectivity index (χ4n) is 8.25. The number of aliphatic hydroxyl groups excluding tert-OH is 2. The predicted octanol–water partition coefficient (Wildman–Crippen LogP) is 5.26. The van der Waals surface area contributed by atoms with Crippen molar-refractivity contribution in [2.75, 3.05) is 22.6 Å². The largest absolute Gasteiger partial charge is 0.507 e. The van der Waals surface area contributed by atoms with Gasteiger partial charge in [-0.2, -0.15) is 0 Å². The van der Waals surface area contributed by atoms with E-state index in [0.29, 0.717) is 11.9 Å². The number of hydrogen-bond donors (Lipinski definition) is 6. The van der Waals surface area contributed by atoms with Crippen molar-refractivity contribution >= 4 is 51.8 Å². The highest BCUT2D eigenvalue weighted by atomic mass is 16.7. The number of anilines is 3. The first-order chi connectivity index (χ1) is 27.4. The van der Waals surface area contributed by atoms with Gasteiger partial charge in [-0.15, -0.1) is 0 Å². The molecule has 310 valence electrons. The minimum absolute atomic E-state index is 0.00275. The number of carbonyl (C=O) groups excluding carboxylic acids is 4. The summed E-state index contributed by atoms with van der Waals surface area (Å²) in [4.78, 5) is 54.2. The number of esters is 1. The first kappa shape index (κ1) is 42.0. The molecule has 2 aromatic rings. The number of phenolic OH excluding ortho intramolecular Hbond substituents is 2. The van der Waals surface area contributed by atoms with Gasteiger partial charge in [-0.05, 0) is 32.1 Å². The first-order valence-electron chi connectivity index (χ1n) is 19.2. The lowest BCUT2D eigenvalue weighted by Crippen LogP contribution is -2.46. The molecule has 0 fully saturated rings. The van der Waals surface area contributed by atoms with Crippen LogP contribution in [0.25, 0.3) is 10.8 Å². The molecule has 4 aliphatic heterocycles. The number of benzene rings is 2. The summed E-state index contributed by atoms with van der Waals surface area (Å²) >= 11 is 0. The molecule has 0 aliphatic carbocycles. The lowest BCUT2D eigenvalue weighted by Gasteiger charge is -2.38. The van der Waals surface area contributed by atoms with Crippen molar-refractivity contribution in [3.05, 3.63) is 71.2 Å². The molecular formula is C43H51N3O12. The Morgan fingerprint density at radius 2 is 1.69 bits per heavy atom. The maximum absolute atomic E-state index is 14.6. The number of ketones is 1. The number of methoxy groups -OCH3 is 1. The van der Waals surface area contributed by atoms with E-state index in [1.807, 2.05) is 0 Å². The number of hydrogen-bond acceptors (Lipinski definition) is 14. The summed E-state index contributed by atoms with van der Waals surface area (Å²) in [7, 11) is 1.45. The van der Waals surface area contributed by atoms with Crippen LogP contribution in [0.2, 0.25) is 0 Å². The molecule has 0 saturated carbocycles. The van der Waals surface area contributed by atoms with Crippen molar-refractivity contribution in [1.29, 1.82) is 0 Å². The second-order valence-electron chi connectivity index (χ2n) is 15.7. The van der Waals surface area contributed by atoms with Crippen LogP contribution in [0.3, 0.4) is 0 Å². The zero-order chi connectivity index (χ0) is 42.5. The van der Waals surface area contributed by atoms with Crippen LogP contribution in [0.1, 0.15) is 64.4 Å². The molecule has 10 atom stereocenters. The van der Waals surface area contributed by atoms with Crippen molar-refractivity contribution in [1.82, 2.24) is 0 Å². The monoisotopic (exact) mass is 801 g/mol. The van der Waals surface area contributed by atoms with Gasteiger partial charge in [0.2, 0.25) is 0 Å². The Balaban J connectivity index is 1.55. The number of amides is 1. The maximum atomic E-state index is 14.6. The Bertz CT molecular complexity index is 2210. The zero-order valence-corrected chi connectivity index (χ0v) is 33.9. The number of allylic oxidation sites excluding steroid dienone is 4. The van der Waals surface area contributed by atoms with Crippen molar-refractivity contribution in [2.45, 2.75) is 91.8 Å². The van der Waals surface area contributed by atoms with Gasteiger partial charge in [0.15, 0.2) is 5.75 Å². The molecule has 0 spiro atoms. The summed E-state index contributed by atoms with van der Waals surface area (Å²) < 4.78 is 23.8. The Kier molecular flexibility index (Phi) is 11.5. The van der Waals surface area contributed by atoms with Gasteiger partial charge in [0.25, 0.3) is 11.7 Å². The van der Waals surface area contributed by atoms with Gasteiger partial charge < -0.3 is 54.9 Å². The van der Waals surface area contributed by atoms with Crippen molar-refractivity contribution < 1.29 is 58.6 Å². The third-order valence-corrected chi connectivity index (χ3v) is 11.8. The number of ether oxygens (including phenoxy) is 4. The molecule has 4 heterocycles. The third-order valence-electron chi connectivity index (χ3n) is 11.8.